The van der Waals surface area contributed by atoms with E-state index in [4.69, 9.17) is 9.64 Å². The van der Waals surface area contributed by atoms with Gasteiger partial charge < -0.3 is 9.76 Å². The van der Waals surface area contributed by atoms with Crippen LogP contribution in [0.5, 0.6) is 0 Å². The maximum absolute atomic E-state index is 10.5. The van der Waals surface area contributed by atoms with Gasteiger partial charge in [-0.15, -0.1) is 0 Å². The van der Waals surface area contributed by atoms with Crippen molar-refractivity contribution in [2.45, 2.75) is 38.9 Å². The molecule has 3 nitrogen and oxygen atoms in total. The number of hydrogen-bond acceptors (Lipinski definition) is 3. The topological polar surface area (TPSA) is 42.4 Å². The fraction of sp³-hybridized carbons (Fsp3) is 0.194. The van der Waals surface area contributed by atoms with Crippen LogP contribution in [-0.2, 0) is 4.65 Å². The van der Waals surface area contributed by atoms with E-state index >= 15 is 0 Å². The fourth-order valence-corrected chi connectivity index (χ4v) is 4.11. The van der Waals surface area contributed by atoms with E-state index in [1.807, 2.05) is 44.2 Å². The molecule has 1 radical (unpaired) electrons. The van der Waals surface area contributed by atoms with Gasteiger partial charge in [-0.05, 0) is 61.7 Å². The Kier molecular flexibility index (Phi) is 5.96. The SMILES string of the molecule is CC(C)(O)C(C)(C)O[B]c1ccc2ccc3nc(-c4ccccc4)cc(-c4ccccc4)c3c2c1. The number of aromatic nitrogens is 1. The van der Waals surface area contributed by atoms with E-state index < -0.39 is 11.2 Å². The minimum Gasteiger partial charge on any atom is -0.427 e. The Hall–Kier alpha value is -3.47. The molecule has 0 aliphatic carbocycles. The molecule has 4 aromatic carbocycles. The molecule has 5 aromatic rings. The Morgan fingerprint density at radius 3 is 2.03 bits per heavy atom. The van der Waals surface area contributed by atoms with Crippen LogP contribution in [0.15, 0.2) is 97.1 Å². The smallest absolute Gasteiger partial charge is 0.330 e. The van der Waals surface area contributed by atoms with Crippen molar-refractivity contribution < 1.29 is 9.76 Å². The third kappa shape index (κ3) is 4.60. The second-order valence-electron chi connectivity index (χ2n) is 10.0. The van der Waals surface area contributed by atoms with Gasteiger partial charge in [-0.1, -0.05) is 90.4 Å². The van der Waals surface area contributed by atoms with Gasteiger partial charge in [0.1, 0.15) is 0 Å². The Labute approximate surface area is 207 Å². The zero-order valence-electron chi connectivity index (χ0n) is 20.6. The highest BCUT2D eigenvalue weighted by molar-refractivity contribution is 6.47. The third-order valence-electron chi connectivity index (χ3n) is 6.93. The molecule has 0 saturated carbocycles. The number of hydrogen-bond donors (Lipinski definition) is 1. The van der Waals surface area contributed by atoms with Gasteiger partial charge in [0.15, 0.2) is 0 Å². The van der Waals surface area contributed by atoms with Crippen LogP contribution < -0.4 is 5.46 Å². The van der Waals surface area contributed by atoms with E-state index in [-0.39, 0.29) is 0 Å². The first-order valence-corrected chi connectivity index (χ1v) is 11.9. The van der Waals surface area contributed by atoms with E-state index in [1.165, 1.54) is 0 Å². The molecule has 0 unspecified atom stereocenters. The van der Waals surface area contributed by atoms with Gasteiger partial charge in [0.2, 0.25) is 0 Å². The molecule has 1 N–H and O–H groups in total. The van der Waals surface area contributed by atoms with Crippen molar-refractivity contribution >= 4 is 34.6 Å². The van der Waals surface area contributed by atoms with E-state index in [9.17, 15) is 5.11 Å². The molecule has 1 heterocycles. The predicted octanol–water partition coefficient (Wildman–Crippen LogP) is 6.53. The summed E-state index contributed by atoms with van der Waals surface area (Å²) in [4.78, 5) is 5.05. The minimum atomic E-state index is -0.981. The molecule has 0 aliphatic heterocycles. The van der Waals surface area contributed by atoms with Crippen LogP contribution in [0, 0.1) is 0 Å². The van der Waals surface area contributed by atoms with Crippen LogP contribution in [-0.4, -0.2) is 28.8 Å². The van der Waals surface area contributed by atoms with Crippen LogP contribution >= 0.6 is 0 Å². The van der Waals surface area contributed by atoms with Crippen molar-refractivity contribution in [3.8, 4) is 22.4 Å². The average molecular weight is 458 g/mol. The lowest BCUT2D eigenvalue weighted by Crippen LogP contribution is -2.49. The molecular formula is C31H29BNO2. The van der Waals surface area contributed by atoms with E-state index in [0.29, 0.717) is 0 Å². The van der Waals surface area contributed by atoms with Crippen LogP contribution in [0.4, 0.5) is 0 Å². The fourth-order valence-electron chi connectivity index (χ4n) is 4.11. The highest BCUT2D eigenvalue weighted by atomic mass is 16.5. The van der Waals surface area contributed by atoms with Gasteiger partial charge in [0.25, 0.3) is 0 Å². The Balaban J connectivity index is 1.69. The molecule has 0 atom stereocenters. The molecule has 0 spiro atoms. The molecule has 0 amide bonds. The number of fused-ring (bicyclic) bond motifs is 3. The van der Waals surface area contributed by atoms with Crippen LogP contribution in [0.3, 0.4) is 0 Å². The van der Waals surface area contributed by atoms with Crippen molar-refractivity contribution in [3.63, 3.8) is 0 Å². The lowest BCUT2D eigenvalue weighted by atomic mass is 9.81. The number of rotatable bonds is 6. The molecule has 0 fully saturated rings. The highest BCUT2D eigenvalue weighted by Gasteiger charge is 2.35. The summed E-state index contributed by atoms with van der Waals surface area (Å²) in [6, 6.07) is 33.5. The average Bonchev–Trinajstić information content (AvgIpc) is 2.87. The summed E-state index contributed by atoms with van der Waals surface area (Å²) >= 11 is 0. The van der Waals surface area contributed by atoms with Crippen molar-refractivity contribution in [2.75, 3.05) is 0 Å². The highest BCUT2D eigenvalue weighted by Crippen LogP contribution is 2.36. The summed E-state index contributed by atoms with van der Waals surface area (Å²) in [5, 5.41) is 13.8. The van der Waals surface area contributed by atoms with Crippen molar-refractivity contribution in [2.24, 2.45) is 0 Å². The predicted molar refractivity (Wildman–Crippen MR) is 147 cm³/mol. The zero-order valence-corrected chi connectivity index (χ0v) is 20.6. The van der Waals surface area contributed by atoms with Crippen LogP contribution in [0.1, 0.15) is 27.7 Å². The summed E-state index contributed by atoms with van der Waals surface area (Å²) in [7, 11) is 1.74. The summed E-state index contributed by atoms with van der Waals surface area (Å²) < 4.78 is 6.04. The first kappa shape index (κ1) is 23.3. The van der Waals surface area contributed by atoms with Gasteiger partial charge in [-0.3, -0.25) is 0 Å². The second kappa shape index (κ2) is 8.96. The molecular weight excluding hydrogens is 429 g/mol. The minimum absolute atomic E-state index is 0.734. The first-order valence-electron chi connectivity index (χ1n) is 11.9. The standard InChI is InChI=1S/C31H29BNO2/c1-30(2,34)31(3,4)35-32-24-17-15-22-16-18-27-29(25(22)19-24)26(21-11-7-5-8-12-21)20-28(33-27)23-13-9-6-10-14-23/h5-20,34H,1-4H3. The Bertz CT molecular complexity index is 1490. The molecule has 4 heteroatoms. The summed E-state index contributed by atoms with van der Waals surface area (Å²) in [6.45, 7) is 7.30. The second-order valence-corrected chi connectivity index (χ2v) is 10.0. The number of benzene rings is 4. The molecule has 0 saturated heterocycles. The van der Waals surface area contributed by atoms with Crippen molar-refractivity contribution in [1.29, 1.82) is 0 Å². The molecule has 0 aliphatic rings. The lowest BCUT2D eigenvalue weighted by molar-refractivity contribution is -0.0893. The van der Waals surface area contributed by atoms with Crippen molar-refractivity contribution in [3.05, 3.63) is 97.1 Å². The Morgan fingerprint density at radius 1 is 0.743 bits per heavy atom. The maximum Gasteiger partial charge on any atom is 0.330 e. The Morgan fingerprint density at radius 2 is 1.37 bits per heavy atom. The number of nitrogens with zero attached hydrogens (tertiary/aromatic N) is 1. The van der Waals surface area contributed by atoms with Crippen LogP contribution in [0.2, 0.25) is 0 Å². The summed E-state index contributed by atoms with van der Waals surface area (Å²) in [5.41, 5.74) is 4.52. The number of aliphatic hydroxyl groups is 1. The van der Waals surface area contributed by atoms with Gasteiger partial charge in [0.05, 0.1) is 22.4 Å². The summed E-state index contributed by atoms with van der Waals surface area (Å²) in [5.74, 6) is 0. The normalized spacial score (nSPS) is 12.3. The molecule has 1 aromatic heterocycles. The van der Waals surface area contributed by atoms with E-state index in [1.54, 1.807) is 21.3 Å². The molecule has 0 bridgehead atoms. The summed E-state index contributed by atoms with van der Waals surface area (Å²) in [6.07, 6.45) is 0. The maximum atomic E-state index is 10.5. The van der Waals surface area contributed by atoms with Gasteiger partial charge in [0, 0.05) is 10.9 Å². The van der Waals surface area contributed by atoms with E-state index in [0.717, 1.165) is 49.5 Å². The quantitative estimate of drug-likeness (QED) is 0.232. The van der Waals surface area contributed by atoms with Gasteiger partial charge in [-0.2, -0.15) is 0 Å². The number of pyridine rings is 1. The lowest BCUT2D eigenvalue weighted by Gasteiger charge is -2.37. The molecule has 5 rings (SSSR count). The van der Waals surface area contributed by atoms with Gasteiger partial charge in [-0.25, -0.2) is 4.98 Å². The first-order chi connectivity index (χ1) is 16.7. The van der Waals surface area contributed by atoms with Crippen LogP contribution in [0.25, 0.3) is 44.1 Å². The van der Waals surface area contributed by atoms with Gasteiger partial charge >= 0.3 is 7.48 Å². The molecule has 173 valence electrons. The third-order valence-corrected chi connectivity index (χ3v) is 6.93. The zero-order chi connectivity index (χ0) is 24.6. The van der Waals surface area contributed by atoms with E-state index in [2.05, 4.69) is 66.7 Å². The largest absolute Gasteiger partial charge is 0.427 e. The monoisotopic (exact) mass is 458 g/mol. The van der Waals surface area contributed by atoms with Crippen molar-refractivity contribution in [1.82, 2.24) is 4.98 Å². The molecule has 35 heavy (non-hydrogen) atoms.